The third kappa shape index (κ3) is 3.99. The van der Waals surface area contributed by atoms with Crippen molar-refractivity contribution in [2.75, 3.05) is 26.2 Å². The number of hydrogen-bond donors (Lipinski definition) is 0. The SMILES string of the molecule is CCc1noc(C(C)N2CCN(S(=O)(=O)c3ccc([N+](=O)[O-])cc3)CC2)n1. The molecule has 1 aromatic heterocycles. The lowest BCUT2D eigenvalue weighted by Gasteiger charge is -2.36. The van der Waals surface area contributed by atoms with Crippen molar-refractivity contribution in [1.29, 1.82) is 0 Å². The number of benzene rings is 1. The van der Waals surface area contributed by atoms with Crippen LogP contribution in [0.25, 0.3) is 0 Å². The first kappa shape index (κ1) is 19.4. The number of aryl methyl sites for hydroxylation is 1. The van der Waals surface area contributed by atoms with Crippen LogP contribution in [0.1, 0.15) is 31.6 Å². The zero-order valence-corrected chi connectivity index (χ0v) is 15.9. The predicted molar refractivity (Wildman–Crippen MR) is 95.5 cm³/mol. The first-order valence-corrected chi connectivity index (χ1v) is 10.1. The van der Waals surface area contributed by atoms with Gasteiger partial charge in [-0.25, -0.2) is 8.42 Å². The van der Waals surface area contributed by atoms with Gasteiger partial charge in [-0.05, 0) is 19.1 Å². The quantitative estimate of drug-likeness (QED) is 0.534. The fourth-order valence-electron chi connectivity index (χ4n) is 2.96. The molecule has 1 atom stereocenters. The summed E-state index contributed by atoms with van der Waals surface area (Å²) in [5.41, 5.74) is -0.140. The summed E-state index contributed by atoms with van der Waals surface area (Å²) in [6.45, 7) is 5.58. The highest BCUT2D eigenvalue weighted by molar-refractivity contribution is 7.89. The standard InChI is InChI=1S/C16H21N5O5S/c1-3-15-17-16(26-18-15)12(2)19-8-10-20(11-9-19)27(24,25)14-6-4-13(5-7-14)21(22)23/h4-7,12H,3,8-11H2,1-2H3. The molecular formula is C16H21N5O5S. The van der Waals surface area contributed by atoms with E-state index in [1.165, 1.54) is 28.6 Å². The van der Waals surface area contributed by atoms with Gasteiger partial charge in [-0.1, -0.05) is 12.1 Å². The summed E-state index contributed by atoms with van der Waals surface area (Å²) in [7, 11) is -3.69. The van der Waals surface area contributed by atoms with Crippen LogP contribution in [0.5, 0.6) is 0 Å². The van der Waals surface area contributed by atoms with Crippen LogP contribution in [-0.4, -0.2) is 58.9 Å². The van der Waals surface area contributed by atoms with Gasteiger partial charge in [0.15, 0.2) is 5.82 Å². The zero-order chi connectivity index (χ0) is 19.6. The second-order valence-electron chi connectivity index (χ2n) is 6.27. The maximum atomic E-state index is 12.8. The van der Waals surface area contributed by atoms with E-state index in [-0.39, 0.29) is 16.6 Å². The molecule has 0 radical (unpaired) electrons. The first-order valence-electron chi connectivity index (χ1n) is 8.64. The minimum atomic E-state index is -3.69. The predicted octanol–water partition coefficient (Wildman–Crippen LogP) is 1.61. The van der Waals surface area contributed by atoms with Gasteiger partial charge >= 0.3 is 0 Å². The molecule has 146 valence electrons. The lowest BCUT2D eigenvalue weighted by molar-refractivity contribution is -0.384. The van der Waals surface area contributed by atoms with E-state index in [4.69, 9.17) is 4.52 Å². The number of non-ortho nitro benzene ring substituents is 1. The van der Waals surface area contributed by atoms with Crippen LogP contribution in [0.2, 0.25) is 0 Å². The van der Waals surface area contributed by atoms with E-state index in [9.17, 15) is 18.5 Å². The molecule has 1 saturated heterocycles. The van der Waals surface area contributed by atoms with E-state index in [1.54, 1.807) is 0 Å². The van der Waals surface area contributed by atoms with Crippen LogP contribution in [0, 0.1) is 10.1 Å². The molecule has 1 aromatic carbocycles. The Kier molecular flexibility index (Phi) is 5.53. The van der Waals surface area contributed by atoms with Crippen LogP contribution >= 0.6 is 0 Å². The molecule has 0 saturated carbocycles. The highest BCUT2D eigenvalue weighted by atomic mass is 32.2. The molecule has 2 heterocycles. The number of nitro benzene ring substituents is 1. The molecule has 1 fully saturated rings. The van der Waals surface area contributed by atoms with Gasteiger partial charge in [0.05, 0.1) is 15.9 Å². The lowest BCUT2D eigenvalue weighted by atomic mass is 10.2. The second kappa shape index (κ2) is 7.71. The molecule has 0 N–H and O–H groups in total. The van der Waals surface area contributed by atoms with Crippen molar-refractivity contribution >= 4 is 15.7 Å². The van der Waals surface area contributed by atoms with Gasteiger partial charge < -0.3 is 4.52 Å². The number of sulfonamides is 1. The number of piperazine rings is 1. The molecule has 0 aliphatic carbocycles. The summed E-state index contributed by atoms with van der Waals surface area (Å²) < 4.78 is 32.2. The van der Waals surface area contributed by atoms with Gasteiger partial charge in [0.1, 0.15) is 0 Å². The Morgan fingerprint density at radius 3 is 2.37 bits per heavy atom. The molecule has 3 rings (SSSR count). The Balaban J connectivity index is 1.66. The molecule has 2 aromatic rings. The van der Waals surface area contributed by atoms with Crippen molar-refractivity contribution in [3.63, 3.8) is 0 Å². The fraction of sp³-hybridized carbons (Fsp3) is 0.500. The van der Waals surface area contributed by atoms with E-state index in [1.807, 2.05) is 13.8 Å². The van der Waals surface area contributed by atoms with Gasteiger partial charge in [0.25, 0.3) is 5.69 Å². The number of nitro groups is 1. The Morgan fingerprint density at radius 1 is 1.22 bits per heavy atom. The molecule has 0 bridgehead atoms. The van der Waals surface area contributed by atoms with Crippen LogP contribution < -0.4 is 0 Å². The van der Waals surface area contributed by atoms with Crippen molar-refractivity contribution in [3.8, 4) is 0 Å². The molecule has 27 heavy (non-hydrogen) atoms. The van der Waals surface area contributed by atoms with Gasteiger partial charge in [-0.3, -0.25) is 15.0 Å². The topological polar surface area (TPSA) is 123 Å². The molecule has 11 heteroatoms. The zero-order valence-electron chi connectivity index (χ0n) is 15.1. The van der Waals surface area contributed by atoms with Gasteiger partial charge in [0.2, 0.25) is 15.9 Å². The average molecular weight is 395 g/mol. The maximum absolute atomic E-state index is 12.8. The van der Waals surface area contributed by atoms with Crippen molar-refractivity contribution in [2.24, 2.45) is 0 Å². The smallest absolute Gasteiger partial charge is 0.269 e. The molecule has 0 spiro atoms. The first-order chi connectivity index (χ1) is 12.8. The Labute approximate surface area is 157 Å². The maximum Gasteiger partial charge on any atom is 0.269 e. The summed E-state index contributed by atoms with van der Waals surface area (Å²) in [6.07, 6.45) is 0.692. The number of nitrogens with zero attached hydrogens (tertiary/aromatic N) is 5. The van der Waals surface area contributed by atoms with Gasteiger partial charge in [-0.15, -0.1) is 0 Å². The number of hydrogen-bond acceptors (Lipinski definition) is 8. The average Bonchev–Trinajstić information content (AvgIpc) is 3.17. The largest absolute Gasteiger partial charge is 0.338 e. The normalized spacial score (nSPS) is 17.7. The third-order valence-electron chi connectivity index (χ3n) is 4.66. The van der Waals surface area contributed by atoms with Crippen molar-refractivity contribution in [2.45, 2.75) is 31.2 Å². The summed E-state index contributed by atoms with van der Waals surface area (Å²) >= 11 is 0. The second-order valence-corrected chi connectivity index (χ2v) is 8.21. The van der Waals surface area contributed by atoms with Crippen LogP contribution in [-0.2, 0) is 16.4 Å². The van der Waals surface area contributed by atoms with Crippen molar-refractivity contribution in [3.05, 3.63) is 46.1 Å². The Morgan fingerprint density at radius 2 is 1.85 bits per heavy atom. The summed E-state index contributed by atoms with van der Waals surface area (Å²) in [4.78, 5) is 16.6. The molecular weight excluding hydrogens is 374 g/mol. The van der Waals surface area contributed by atoms with Crippen LogP contribution in [0.4, 0.5) is 5.69 Å². The van der Waals surface area contributed by atoms with Crippen LogP contribution in [0.15, 0.2) is 33.7 Å². The van der Waals surface area contributed by atoms with Gasteiger partial charge in [-0.2, -0.15) is 9.29 Å². The molecule has 0 amide bonds. The van der Waals surface area contributed by atoms with Crippen LogP contribution in [0.3, 0.4) is 0 Å². The lowest BCUT2D eigenvalue weighted by Crippen LogP contribution is -2.49. The third-order valence-corrected chi connectivity index (χ3v) is 6.58. The van der Waals surface area contributed by atoms with Crippen molar-refractivity contribution in [1.82, 2.24) is 19.3 Å². The number of rotatable bonds is 6. The number of aromatic nitrogens is 2. The minimum absolute atomic E-state index is 0.0547. The van der Waals surface area contributed by atoms with Gasteiger partial charge in [0, 0.05) is 44.7 Å². The monoisotopic (exact) mass is 395 g/mol. The van der Waals surface area contributed by atoms with E-state index < -0.39 is 14.9 Å². The molecule has 1 unspecified atom stereocenters. The minimum Gasteiger partial charge on any atom is -0.338 e. The summed E-state index contributed by atoms with van der Waals surface area (Å²) in [6, 6.07) is 4.85. The molecule has 10 nitrogen and oxygen atoms in total. The molecule has 1 aliphatic rings. The van der Waals surface area contributed by atoms with E-state index >= 15 is 0 Å². The Bertz CT molecular complexity index is 904. The van der Waals surface area contributed by atoms with E-state index in [2.05, 4.69) is 15.0 Å². The molecule has 1 aliphatic heterocycles. The summed E-state index contributed by atoms with van der Waals surface area (Å²) in [5.74, 6) is 1.18. The van der Waals surface area contributed by atoms with Crippen molar-refractivity contribution < 1.29 is 17.9 Å². The fourth-order valence-corrected chi connectivity index (χ4v) is 4.38. The Hall–Kier alpha value is -2.37. The van der Waals surface area contributed by atoms with E-state index in [0.29, 0.717) is 44.3 Å². The summed E-state index contributed by atoms with van der Waals surface area (Å²) in [5, 5.41) is 14.6. The highest BCUT2D eigenvalue weighted by Gasteiger charge is 2.32. The highest BCUT2D eigenvalue weighted by Crippen LogP contribution is 2.24. The van der Waals surface area contributed by atoms with E-state index in [0.717, 1.165) is 0 Å².